The molecule has 1 heterocycles. The summed E-state index contributed by atoms with van der Waals surface area (Å²) in [5, 5.41) is 18.9. The van der Waals surface area contributed by atoms with Gasteiger partial charge in [0.25, 0.3) is 5.69 Å². The van der Waals surface area contributed by atoms with E-state index in [0.29, 0.717) is 17.1 Å². The number of aryl methyl sites for hydroxylation is 2. The Balaban J connectivity index is 3.19. The number of hydrogen-bond acceptors (Lipinski definition) is 5. The number of hydroxylamine groups is 1. The standard InChI is InChI=1S/C8H10N4O3/c1-5-3-7(9-4-10-13)11-6(2)8(5)12(14)15/h3-4,13H,1-2H3,(H,9,10,11). The average Bonchev–Trinajstić information content (AvgIpc) is 2.12. The van der Waals surface area contributed by atoms with Gasteiger partial charge >= 0.3 is 0 Å². The first-order valence-electron chi connectivity index (χ1n) is 4.11. The van der Waals surface area contributed by atoms with Gasteiger partial charge in [-0.05, 0) is 19.9 Å². The number of nitrogens with one attached hydrogen (secondary N) is 1. The summed E-state index contributed by atoms with van der Waals surface area (Å²) in [6, 6.07) is 1.47. The molecule has 7 nitrogen and oxygen atoms in total. The summed E-state index contributed by atoms with van der Waals surface area (Å²) in [5.74, 6) is 0.303. The lowest BCUT2D eigenvalue weighted by Gasteiger charge is -2.01. The summed E-state index contributed by atoms with van der Waals surface area (Å²) in [4.78, 5) is 17.8. The Morgan fingerprint density at radius 3 is 2.80 bits per heavy atom. The third-order valence-electron chi connectivity index (χ3n) is 1.78. The molecule has 80 valence electrons. The van der Waals surface area contributed by atoms with E-state index in [9.17, 15) is 10.1 Å². The van der Waals surface area contributed by atoms with E-state index >= 15 is 0 Å². The van der Waals surface area contributed by atoms with Crippen molar-refractivity contribution in [2.75, 3.05) is 0 Å². The Morgan fingerprint density at radius 2 is 2.33 bits per heavy atom. The summed E-state index contributed by atoms with van der Waals surface area (Å²) in [6.07, 6.45) is 1.03. The molecule has 0 aliphatic carbocycles. The molecule has 1 aromatic rings. The predicted octanol–water partition coefficient (Wildman–Crippen LogP) is 1.25. The fourth-order valence-corrected chi connectivity index (χ4v) is 1.24. The van der Waals surface area contributed by atoms with Gasteiger partial charge in [0, 0.05) is 5.56 Å². The minimum absolute atomic E-state index is 0.00842. The smallest absolute Gasteiger partial charge is 0.290 e. The molecule has 0 amide bonds. The van der Waals surface area contributed by atoms with Gasteiger partial charge < -0.3 is 0 Å². The van der Waals surface area contributed by atoms with Crippen LogP contribution >= 0.6 is 0 Å². The topological polar surface area (TPSA) is 101 Å². The lowest BCUT2D eigenvalue weighted by molar-refractivity contribution is -0.386. The van der Waals surface area contributed by atoms with Gasteiger partial charge in [-0.1, -0.05) is 0 Å². The van der Waals surface area contributed by atoms with Crippen molar-refractivity contribution >= 4 is 17.8 Å². The highest BCUT2D eigenvalue weighted by Gasteiger charge is 2.16. The molecule has 1 rings (SSSR count). The van der Waals surface area contributed by atoms with E-state index in [1.807, 2.05) is 0 Å². The average molecular weight is 210 g/mol. The number of aromatic nitrogens is 1. The number of aliphatic imine (C=N–C) groups is 1. The van der Waals surface area contributed by atoms with Gasteiger partial charge in [0.1, 0.15) is 12.0 Å². The van der Waals surface area contributed by atoms with E-state index in [4.69, 9.17) is 5.21 Å². The lowest BCUT2D eigenvalue weighted by Crippen LogP contribution is -2.02. The van der Waals surface area contributed by atoms with E-state index in [1.54, 1.807) is 12.4 Å². The maximum absolute atomic E-state index is 10.6. The molecule has 1 aromatic heterocycles. The van der Waals surface area contributed by atoms with Crippen molar-refractivity contribution in [3.8, 4) is 0 Å². The molecular weight excluding hydrogens is 200 g/mol. The summed E-state index contributed by atoms with van der Waals surface area (Å²) < 4.78 is 0. The van der Waals surface area contributed by atoms with E-state index in [1.165, 1.54) is 13.0 Å². The van der Waals surface area contributed by atoms with Crippen LogP contribution in [0, 0.1) is 24.0 Å². The summed E-state index contributed by atoms with van der Waals surface area (Å²) in [6.45, 7) is 3.15. The monoisotopic (exact) mass is 210 g/mol. The highest BCUT2D eigenvalue weighted by Crippen LogP contribution is 2.24. The maximum atomic E-state index is 10.6. The second-order valence-corrected chi connectivity index (χ2v) is 2.88. The molecule has 7 heteroatoms. The molecular formula is C8H10N4O3. The van der Waals surface area contributed by atoms with E-state index in [-0.39, 0.29) is 5.69 Å². The SMILES string of the molecule is Cc1cc(/N=C/NO)nc(C)c1[N+](=O)[O-]. The van der Waals surface area contributed by atoms with Gasteiger partial charge in [-0.2, -0.15) is 0 Å². The molecule has 2 N–H and O–H groups in total. The predicted molar refractivity (Wildman–Crippen MR) is 53.4 cm³/mol. The molecule has 0 aliphatic rings. The molecule has 0 atom stereocenters. The minimum atomic E-state index is -0.477. The quantitative estimate of drug-likeness (QED) is 0.338. The van der Waals surface area contributed by atoms with Crippen molar-refractivity contribution in [2.45, 2.75) is 13.8 Å². The Morgan fingerprint density at radius 1 is 1.67 bits per heavy atom. The first-order chi connectivity index (χ1) is 7.06. The Kier molecular flexibility index (Phi) is 3.29. The maximum Gasteiger partial charge on any atom is 0.293 e. The molecule has 0 fully saturated rings. The fraction of sp³-hybridized carbons (Fsp3) is 0.250. The zero-order chi connectivity index (χ0) is 11.4. The normalized spacial score (nSPS) is 10.6. The molecule has 0 aliphatic heterocycles. The Labute approximate surface area is 85.6 Å². The molecule has 15 heavy (non-hydrogen) atoms. The zero-order valence-electron chi connectivity index (χ0n) is 8.26. The van der Waals surface area contributed by atoms with Gasteiger partial charge in [-0.3, -0.25) is 20.8 Å². The lowest BCUT2D eigenvalue weighted by atomic mass is 10.2. The molecule has 0 saturated heterocycles. The van der Waals surface area contributed by atoms with Crippen LogP contribution in [0.4, 0.5) is 11.5 Å². The van der Waals surface area contributed by atoms with Crippen LogP contribution in [0.3, 0.4) is 0 Å². The molecule has 0 radical (unpaired) electrons. The summed E-state index contributed by atoms with van der Waals surface area (Å²) in [5.41, 5.74) is 2.50. The van der Waals surface area contributed by atoms with Crippen LogP contribution in [0.25, 0.3) is 0 Å². The van der Waals surface area contributed by atoms with E-state index in [2.05, 4.69) is 9.98 Å². The van der Waals surface area contributed by atoms with E-state index in [0.717, 1.165) is 6.34 Å². The second kappa shape index (κ2) is 4.47. The Hall–Kier alpha value is -2.02. The van der Waals surface area contributed by atoms with Crippen LogP contribution in [-0.4, -0.2) is 21.5 Å². The Bertz CT molecular complexity index is 393. The fourth-order valence-electron chi connectivity index (χ4n) is 1.24. The van der Waals surface area contributed by atoms with Gasteiger partial charge in [0.15, 0.2) is 5.82 Å². The first-order valence-corrected chi connectivity index (χ1v) is 4.11. The van der Waals surface area contributed by atoms with Crippen molar-refractivity contribution < 1.29 is 10.1 Å². The second-order valence-electron chi connectivity index (χ2n) is 2.88. The van der Waals surface area contributed by atoms with Crippen molar-refractivity contribution in [3.63, 3.8) is 0 Å². The number of hydrogen-bond donors (Lipinski definition) is 2. The van der Waals surface area contributed by atoms with Gasteiger partial charge in [-0.25, -0.2) is 9.98 Å². The van der Waals surface area contributed by atoms with Crippen LogP contribution < -0.4 is 5.48 Å². The number of pyridine rings is 1. The van der Waals surface area contributed by atoms with Crippen molar-refractivity contribution in [3.05, 3.63) is 27.4 Å². The number of nitro groups is 1. The summed E-state index contributed by atoms with van der Waals surface area (Å²) >= 11 is 0. The van der Waals surface area contributed by atoms with E-state index < -0.39 is 4.92 Å². The third kappa shape index (κ3) is 2.47. The molecule has 0 spiro atoms. The van der Waals surface area contributed by atoms with Crippen molar-refractivity contribution in [1.82, 2.24) is 10.5 Å². The van der Waals surface area contributed by atoms with Crippen LogP contribution in [0.15, 0.2) is 11.1 Å². The molecule has 0 aromatic carbocycles. The highest BCUT2D eigenvalue weighted by atomic mass is 16.6. The minimum Gasteiger partial charge on any atom is -0.290 e. The molecule has 0 unspecified atom stereocenters. The van der Waals surface area contributed by atoms with Crippen LogP contribution in [-0.2, 0) is 0 Å². The zero-order valence-corrected chi connectivity index (χ0v) is 8.26. The van der Waals surface area contributed by atoms with Crippen molar-refractivity contribution in [1.29, 1.82) is 0 Å². The third-order valence-corrected chi connectivity index (χ3v) is 1.78. The van der Waals surface area contributed by atoms with Crippen LogP contribution in [0.5, 0.6) is 0 Å². The first kappa shape index (κ1) is 11.1. The van der Waals surface area contributed by atoms with Crippen LogP contribution in [0.2, 0.25) is 0 Å². The van der Waals surface area contributed by atoms with Crippen molar-refractivity contribution in [2.24, 2.45) is 4.99 Å². The van der Waals surface area contributed by atoms with Gasteiger partial charge in [-0.15, -0.1) is 0 Å². The number of nitrogens with zero attached hydrogens (tertiary/aromatic N) is 3. The van der Waals surface area contributed by atoms with Gasteiger partial charge in [0.2, 0.25) is 0 Å². The molecule has 0 bridgehead atoms. The summed E-state index contributed by atoms with van der Waals surface area (Å²) in [7, 11) is 0. The largest absolute Gasteiger partial charge is 0.293 e. The number of rotatable bonds is 3. The van der Waals surface area contributed by atoms with Crippen LogP contribution in [0.1, 0.15) is 11.3 Å². The van der Waals surface area contributed by atoms with Gasteiger partial charge in [0.05, 0.1) is 4.92 Å². The highest BCUT2D eigenvalue weighted by molar-refractivity contribution is 5.59. The molecule has 0 saturated carbocycles.